The summed E-state index contributed by atoms with van der Waals surface area (Å²) in [5.74, 6) is -2.57. The second-order valence-corrected chi connectivity index (χ2v) is 7.00. The summed E-state index contributed by atoms with van der Waals surface area (Å²) >= 11 is 0. The van der Waals surface area contributed by atoms with Gasteiger partial charge < -0.3 is 48.7 Å². The molecule has 3 heterocycles. The van der Waals surface area contributed by atoms with Crippen molar-refractivity contribution in [3.8, 4) is 0 Å². The third-order valence-corrected chi connectivity index (χ3v) is 4.63. The fraction of sp³-hybridized carbons (Fsp3) is 0.750. The minimum atomic E-state index is -4.97. The average Bonchev–Trinajstić information content (AvgIpc) is 2.97. The van der Waals surface area contributed by atoms with Crippen LogP contribution in [-0.4, -0.2) is 90.0 Å². The van der Waals surface area contributed by atoms with Gasteiger partial charge in [-0.2, -0.15) is 0 Å². The van der Waals surface area contributed by atoms with Gasteiger partial charge in [-0.25, -0.2) is 13.1 Å². The van der Waals surface area contributed by atoms with Gasteiger partial charge in [-0.15, -0.1) is 0 Å². The van der Waals surface area contributed by atoms with Gasteiger partial charge in [0.05, 0.1) is 6.61 Å². The molecule has 0 aliphatic carbocycles. The molecule has 13 nitrogen and oxygen atoms in total. The van der Waals surface area contributed by atoms with Crippen LogP contribution in [0.5, 0.6) is 0 Å². The molecule has 148 valence electrons. The zero-order valence-electron chi connectivity index (χ0n) is 14.8. The number of hydrogen-bond acceptors (Lipinski definition) is 12. The van der Waals surface area contributed by atoms with Gasteiger partial charge in [0, 0.05) is 0 Å². The normalized spacial score (nSPS) is 39.8. The van der Waals surface area contributed by atoms with Crippen LogP contribution < -0.4 is 68.9 Å². The van der Waals surface area contributed by atoms with Crippen LogP contribution in [0.15, 0.2) is 11.8 Å². The Labute approximate surface area is 203 Å². The molecule has 0 saturated carbocycles. The summed E-state index contributed by atoms with van der Waals surface area (Å²) in [7, 11) is -4.97. The monoisotopic (exact) mass is 443 g/mol. The molecule has 0 aromatic rings. The zero-order valence-corrected chi connectivity index (χ0v) is 19.6. The standard InChI is InChI=1S/C12H17NO12S.2Na/c14-3-1-4(10(17)18)23-12(7(3)15)25-9-5-2-22-11(24-5)6(8(9)16)13-26(19,20)21;;/h1,3,5-9,11-16H,2H2,(H,17,18)(H,19,20,21);;/q;2*+1/p-2/t3-,5+,6+,7+,8+,9+,11+,12-;;/m0../s1. The van der Waals surface area contributed by atoms with E-state index in [1.54, 1.807) is 4.72 Å². The van der Waals surface area contributed by atoms with Crippen LogP contribution in [0, 0.1) is 0 Å². The van der Waals surface area contributed by atoms with Gasteiger partial charge in [-0.1, -0.05) is 0 Å². The van der Waals surface area contributed by atoms with Gasteiger partial charge in [0.25, 0.3) is 0 Å². The number of hydrogen-bond donors (Lipinski definition) is 4. The van der Waals surface area contributed by atoms with Gasteiger partial charge in [0.15, 0.2) is 16.6 Å². The summed E-state index contributed by atoms with van der Waals surface area (Å²) < 4.78 is 55.0. The minimum absolute atomic E-state index is 0. The summed E-state index contributed by atoms with van der Waals surface area (Å²) in [6.07, 6.45) is -9.61. The van der Waals surface area contributed by atoms with E-state index in [0.717, 1.165) is 0 Å². The number of carbonyl (C=O) groups is 1. The number of ether oxygens (including phenoxy) is 4. The molecule has 0 aromatic carbocycles. The van der Waals surface area contributed by atoms with Crippen LogP contribution in [-0.2, 0) is 34.0 Å². The molecule has 0 amide bonds. The van der Waals surface area contributed by atoms with Gasteiger partial charge in [-0.05, 0) is 6.08 Å². The van der Waals surface area contributed by atoms with E-state index in [-0.39, 0.29) is 65.7 Å². The van der Waals surface area contributed by atoms with Crippen molar-refractivity contribution in [1.82, 2.24) is 4.72 Å². The first kappa shape index (κ1) is 26.7. The number of fused-ring (bicyclic) bond motifs is 2. The summed E-state index contributed by atoms with van der Waals surface area (Å²) in [6.45, 7) is -0.141. The van der Waals surface area contributed by atoms with Crippen molar-refractivity contribution in [2.75, 3.05) is 6.61 Å². The molecule has 3 rings (SSSR count). The summed E-state index contributed by atoms with van der Waals surface area (Å²) in [4.78, 5) is 10.9. The fourth-order valence-corrected chi connectivity index (χ4v) is 3.46. The van der Waals surface area contributed by atoms with Crippen LogP contribution in [0.25, 0.3) is 0 Å². The van der Waals surface area contributed by atoms with E-state index in [9.17, 15) is 38.2 Å². The van der Waals surface area contributed by atoms with E-state index in [0.29, 0.717) is 6.08 Å². The Hall–Kier alpha value is 0.640. The predicted octanol–water partition coefficient (Wildman–Crippen LogP) is -11.4. The van der Waals surface area contributed by atoms with E-state index in [1.165, 1.54) is 0 Å². The molecule has 8 atom stereocenters. The van der Waals surface area contributed by atoms with E-state index in [4.69, 9.17) is 18.9 Å². The van der Waals surface area contributed by atoms with Crippen LogP contribution in [0.2, 0.25) is 0 Å². The molecule has 2 bridgehead atoms. The Bertz CT molecular complexity index is 705. The van der Waals surface area contributed by atoms with Gasteiger partial charge in [0.2, 0.25) is 6.29 Å². The number of rotatable bonds is 5. The number of nitrogens with one attached hydrogen (secondary N) is 1. The summed E-state index contributed by atoms with van der Waals surface area (Å²) in [6, 6.07) is -1.51. The minimum Gasteiger partial charge on any atom is -0.735 e. The number of carbonyl (C=O) groups excluding carboxylic acids is 1. The number of aliphatic hydroxyl groups is 3. The number of aliphatic hydroxyl groups excluding tert-OH is 3. The molecule has 4 N–H and O–H groups in total. The Balaban J connectivity index is 0.00000196. The molecule has 2 saturated heterocycles. The second kappa shape index (κ2) is 10.3. The summed E-state index contributed by atoms with van der Waals surface area (Å²) in [5, 5.41) is 40.8. The Morgan fingerprint density at radius 3 is 2.46 bits per heavy atom. The van der Waals surface area contributed by atoms with Crippen molar-refractivity contribution in [2.24, 2.45) is 0 Å². The maximum Gasteiger partial charge on any atom is 1.00 e. The van der Waals surface area contributed by atoms with Crippen molar-refractivity contribution in [3.05, 3.63) is 11.8 Å². The largest absolute Gasteiger partial charge is 1.00 e. The Morgan fingerprint density at radius 2 is 1.89 bits per heavy atom. The molecule has 3 aliphatic heterocycles. The Morgan fingerprint density at radius 1 is 1.25 bits per heavy atom. The maximum atomic E-state index is 10.9. The van der Waals surface area contributed by atoms with E-state index >= 15 is 0 Å². The first-order chi connectivity index (χ1) is 12.1. The van der Waals surface area contributed by atoms with E-state index in [2.05, 4.69) is 0 Å². The van der Waals surface area contributed by atoms with Crippen molar-refractivity contribution >= 4 is 16.3 Å². The smallest absolute Gasteiger partial charge is 0.735 e. The number of aliphatic carboxylic acids is 1. The number of carboxylic acid groups (broad SMARTS) is 1. The zero-order chi connectivity index (χ0) is 19.2. The van der Waals surface area contributed by atoms with Crippen molar-refractivity contribution in [3.63, 3.8) is 0 Å². The van der Waals surface area contributed by atoms with Gasteiger partial charge >= 0.3 is 59.1 Å². The topological polar surface area (TPSA) is 207 Å². The molecular weight excluding hydrogens is 428 g/mol. The Kier molecular flexibility index (Phi) is 9.81. The number of carboxylic acids is 1. The molecule has 0 spiro atoms. The van der Waals surface area contributed by atoms with Gasteiger partial charge in [-0.3, -0.25) is 0 Å². The fourth-order valence-electron chi connectivity index (χ4n) is 2.87. The quantitative estimate of drug-likeness (QED) is 0.231. The SMILES string of the molecule is O=C([O-])C1=C[C@H](O)[C@@H](O)[C@H](O[C@H]2[C@H](O)[C@@H](NS(=O)(=O)[O-])[C@@H]3OC[C@H]2O3)O1.[Na+].[Na+]. The first-order valence-corrected chi connectivity index (χ1v) is 8.77. The average molecular weight is 443 g/mol. The molecule has 16 heteroatoms. The molecule has 0 aromatic heterocycles. The van der Waals surface area contributed by atoms with Crippen molar-refractivity contribution in [2.45, 2.75) is 49.1 Å². The molecule has 2 fully saturated rings. The van der Waals surface area contributed by atoms with Crippen LogP contribution in [0.1, 0.15) is 0 Å². The molecule has 0 unspecified atom stereocenters. The van der Waals surface area contributed by atoms with Crippen LogP contribution in [0.3, 0.4) is 0 Å². The van der Waals surface area contributed by atoms with E-state index in [1.807, 2.05) is 0 Å². The molecule has 3 aliphatic rings. The van der Waals surface area contributed by atoms with Crippen LogP contribution >= 0.6 is 0 Å². The van der Waals surface area contributed by atoms with Crippen molar-refractivity contribution < 1.29 is 116 Å². The second-order valence-electron chi connectivity index (χ2n) is 5.85. The van der Waals surface area contributed by atoms with E-state index < -0.39 is 71.2 Å². The predicted molar refractivity (Wildman–Crippen MR) is 72.1 cm³/mol. The molecule has 28 heavy (non-hydrogen) atoms. The van der Waals surface area contributed by atoms with Crippen LogP contribution in [0.4, 0.5) is 0 Å². The molecule has 0 radical (unpaired) electrons. The summed E-state index contributed by atoms with van der Waals surface area (Å²) in [5.41, 5.74) is 0. The third kappa shape index (κ3) is 5.87. The third-order valence-electron chi connectivity index (χ3n) is 4.06. The first-order valence-electron chi connectivity index (χ1n) is 7.36. The molecular formula is C12H15NNa2O12S. The maximum absolute atomic E-state index is 10.9. The van der Waals surface area contributed by atoms with Crippen molar-refractivity contribution in [1.29, 1.82) is 0 Å². The van der Waals surface area contributed by atoms with Gasteiger partial charge in [0.1, 0.15) is 48.3 Å².